The van der Waals surface area contributed by atoms with E-state index < -0.39 is 21.9 Å². The topological polar surface area (TPSA) is 66.5 Å². The number of benzene rings is 1. The van der Waals surface area contributed by atoms with Crippen molar-refractivity contribution in [1.29, 1.82) is 0 Å². The van der Waals surface area contributed by atoms with Gasteiger partial charge in [0.25, 0.3) is 0 Å². The number of carbonyl (C=O) groups is 1. The van der Waals surface area contributed by atoms with Gasteiger partial charge in [0.1, 0.15) is 11.9 Å². The Balaban J connectivity index is 2.21. The quantitative estimate of drug-likeness (QED) is 0.899. The molecule has 0 bridgehead atoms. The van der Waals surface area contributed by atoms with Gasteiger partial charge in [-0.05, 0) is 44.0 Å². The summed E-state index contributed by atoms with van der Waals surface area (Å²) in [6.45, 7) is 1.54. The molecule has 1 N–H and O–H groups in total. The number of carbonyl (C=O) groups excluding carboxylic acids is 1. The first-order valence-electron chi connectivity index (χ1n) is 7.34. The van der Waals surface area contributed by atoms with Crippen LogP contribution in [0.25, 0.3) is 0 Å². The van der Waals surface area contributed by atoms with Crippen molar-refractivity contribution in [3.05, 3.63) is 30.1 Å². The fraction of sp³-hybridized carbons (Fsp3) is 0.533. The SMILES string of the molecule is CC(C(=O)NC1CCCC1)N(c1ccc(F)cc1)S(C)(=O)=O. The Hall–Kier alpha value is -1.63. The third-order valence-electron chi connectivity index (χ3n) is 3.87. The molecule has 1 aliphatic rings. The minimum absolute atomic E-state index is 0.115. The van der Waals surface area contributed by atoms with E-state index in [-0.39, 0.29) is 17.6 Å². The van der Waals surface area contributed by atoms with E-state index in [1.807, 2.05) is 0 Å². The number of nitrogens with one attached hydrogen (secondary N) is 1. The van der Waals surface area contributed by atoms with Gasteiger partial charge in [0, 0.05) is 6.04 Å². The molecule has 0 heterocycles. The third-order valence-corrected chi connectivity index (χ3v) is 5.11. The van der Waals surface area contributed by atoms with Crippen LogP contribution in [-0.2, 0) is 14.8 Å². The van der Waals surface area contributed by atoms with Gasteiger partial charge in [-0.2, -0.15) is 0 Å². The van der Waals surface area contributed by atoms with E-state index in [1.54, 1.807) is 0 Å². The van der Waals surface area contributed by atoms with Crippen LogP contribution in [0, 0.1) is 5.82 Å². The van der Waals surface area contributed by atoms with Crippen molar-refractivity contribution >= 4 is 21.6 Å². The highest BCUT2D eigenvalue weighted by Gasteiger charge is 2.30. The van der Waals surface area contributed by atoms with Gasteiger partial charge >= 0.3 is 0 Å². The van der Waals surface area contributed by atoms with Crippen molar-refractivity contribution in [1.82, 2.24) is 5.32 Å². The number of nitrogens with zero attached hydrogens (tertiary/aromatic N) is 1. The predicted molar refractivity (Wildman–Crippen MR) is 83.6 cm³/mol. The average Bonchev–Trinajstić information content (AvgIpc) is 2.92. The van der Waals surface area contributed by atoms with E-state index in [9.17, 15) is 17.6 Å². The lowest BCUT2D eigenvalue weighted by molar-refractivity contribution is -0.122. The summed E-state index contributed by atoms with van der Waals surface area (Å²) in [5.41, 5.74) is 0.276. The molecule has 5 nitrogen and oxygen atoms in total. The fourth-order valence-electron chi connectivity index (χ4n) is 2.79. The second kappa shape index (κ2) is 6.64. The lowest BCUT2D eigenvalue weighted by Gasteiger charge is -2.29. The Bertz CT molecular complexity index is 625. The van der Waals surface area contributed by atoms with E-state index in [0.717, 1.165) is 36.2 Å². The molecule has 7 heteroatoms. The number of rotatable bonds is 5. The Kier molecular flexibility index (Phi) is 5.05. The second-order valence-corrected chi connectivity index (χ2v) is 7.56. The number of hydrogen-bond acceptors (Lipinski definition) is 3. The van der Waals surface area contributed by atoms with Crippen LogP contribution in [0.5, 0.6) is 0 Å². The highest BCUT2D eigenvalue weighted by Crippen LogP contribution is 2.22. The number of hydrogen-bond donors (Lipinski definition) is 1. The second-order valence-electron chi connectivity index (χ2n) is 5.70. The summed E-state index contributed by atoms with van der Waals surface area (Å²) in [6.07, 6.45) is 5.04. The van der Waals surface area contributed by atoms with Crippen LogP contribution in [0.15, 0.2) is 24.3 Å². The van der Waals surface area contributed by atoms with Crippen molar-refractivity contribution < 1.29 is 17.6 Å². The number of anilines is 1. The molecular formula is C15H21FN2O3S. The normalized spacial score (nSPS) is 17.2. The maximum absolute atomic E-state index is 13.0. The molecule has 1 aromatic rings. The molecule has 1 aliphatic carbocycles. The minimum atomic E-state index is -3.66. The zero-order valence-electron chi connectivity index (χ0n) is 12.8. The molecular weight excluding hydrogens is 307 g/mol. The average molecular weight is 328 g/mol. The minimum Gasteiger partial charge on any atom is -0.352 e. The lowest BCUT2D eigenvalue weighted by Crippen LogP contribution is -2.49. The predicted octanol–water partition coefficient (Wildman–Crippen LogP) is 2.04. The molecule has 1 unspecified atom stereocenters. The zero-order chi connectivity index (χ0) is 16.3. The molecule has 2 rings (SSSR count). The fourth-order valence-corrected chi connectivity index (χ4v) is 3.96. The van der Waals surface area contributed by atoms with Gasteiger partial charge < -0.3 is 5.32 Å². The highest BCUT2D eigenvalue weighted by atomic mass is 32.2. The summed E-state index contributed by atoms with van der Waals surface area (Å²) in [5, 5.41) is 2.89. The molecule has 1 fully saturated rings. The number of halogens is 1. The Morgan fingerprint density at radius 1 is 1.27 bits per heavy atom. The van der Waals surface area contributed by atoms with Crippen LogP contribution in [0.3, 0.4) is 0 Å². The van der Waals surface area contributed by atoms with E-state index in [2.05, 4.69) is 5.32 Å². The summed E-state index contributed by atoms with van der Waals surface area (Å²) in [6, 6.07) is 4.29. The molecule has 0 spiro atoms. The third kappa shape index (κ3) is 3.97. The largest absolute Gasteiger partial charge is 0.352 e. The summed E-state index contributed by atoms with van der Waals surface area (Å²) in [4.78, 5) is 12.3. The molecule has 0 radical (unpaired) electrons. The standard InChI is InChI=1S/C15H21FN2O3S/c1-11(15(19)17-13-5-3-4-6-13)18(22(2,20)21)14-9-7-12(16)8-10-14/h7-11,13H,3-6H2,1-2H3,(H,17,19). The summed E-state index contributed by atoms with van der Waals surface area (Å²) in [7, 11) is -3.66. The first kappa shape index (κ1) is 16.7. The zero-order valence-corrected chi connectivity index (χ0v) is 13.6. The van der Waals surface area contributed by atoms with Gasteiger partial charge in [0.05, 0.1) is 11.9 Å². The number of amides is 1. The molecule has 0 aliphatic heterocycles. The van der Waals surface area contributed by atoms with Gasteiger partial charge in [0.15, 0.2) is 0 Å². The van der Waals surface area contributed by atoms with Crippen LogP contribution in [0.1, 0.15) is 32.6 Å². The van der Waals surface area contributed by atoms with E-state index in [0.29, 0.717) is 0 Å². The van der Waals surface area contributed by atoms with Gasteiger partial charge in [-0.15, -0.1) is 0 Å². The van der Waals surface area contributed by atoms with Crippen molar-refractivity contribution in [2.45, 2.75) is 44.7 Å². The molecule has 1 atom stereocenters. The summed E-state index contributed by atoms with van der Waals surface area (Å²) >= 11 is 0. The van der Waals surface area contributed by atoms with Gasteiger partial charge in [-0.3, -0.25) is 9.10 Å². The van der Waals surface area contributed by atoms with Crippen molar-refractivity contribution in [3.8, 4) is 0 Å². The molecule has 1 amide bonds. The van der Waals surface area contributed by atoms with Crippen LogP contribution in [0.4, 0.5) is 10.1 Å². The monoisotopic (exact) mass is 328 g/mol. The molecule has 122 valence electrons. The molecule has 0 saturated heterocycles. The van der Waals surface area contributed by atoms with Crippen molar-refractivity contribution in [2.24, 2.45) is 0 Å². The molecule has 1 saturated carbocycles. The summed E-state index contributed by atoms with van der Waals surface area (Å²) in [5.74, 6) is -0.790. The Morgan fingerprint density at radius 3 is 2.32 bits per heavy atom. The lowest BCUT2D eigenvalue weighted by atomic mass is 10.2. The number of sulfonamides is 1. The first-order valence-corrected chi connectivity index (χ1v) is 9.19. The van der Waals surface area contributed by atoms with Gasteiger partial charge in [0.2, 0.25) is 15.9 Å². The van der Waals surface area contributed by atoms with E-state index in [4.69, 9.17) is 0 Å². The molecule has 22 heavy (non-hydrogen) atoms. The smallest absolute Gasteiger partial charge is 0.243 e. The van der Waals surface area contributed by atoms with Gasteiger partial charge in [-0.1, -0.05) is 12.8 Å². The van der Waals surface area contributed by atoms with Crippen molar-refractivity contribution in [2.75, 3.05) is 10.6 Å². The Labute approximate surface area is 130 Å². The maximum Gasteiger partial charge on any atom is 0.243 e. The van der Waals surface area contributed by atoms with Crippen LogP contribution >= 0.6 is 0 Å². The highest BCUT2D eigenvalue weighted by molar-refractivity contribution is 7.92. The maximum atomic E-state index is 13.0. The molecule has 1 aromatic carbocycles. The summed E-state index contributed by atoms with van der Waals surface area (Å²) < 4.78 is 38.2. The van der Waals surface area contributed by atoms with Crippen molar-refractivity contribution in [3.63, 3.8) is 0 Å². The van der Waals surface area contributed by atoms with Crippen LogP contribution in [0.2, 0.25) is 0 Å². The van der Waals surface area contributed by atoms with E-state index >= 15 is 0 Å². The Morgan fingerprint density at radius 2 is 1.82 bits per heavy atom. The van der Waals surface area contributed by atoms with Crippen LogP contribution < -0.4 is 9.62 Å². The van der Waals surface area contributed by atoms with Gasteiger partial charge in [-0.25, -0.2) is 12.8 Å². The first-order chi connectivity index (χ1) is 10.3. The van der Waals surface area contributed by atoms with Crippen LogP contribution in [-0.4, -0.2) is 32.7 Å². The van der Waals surface area contributed by atoms with E-state index in [1.165, 1.54) is 31.2 Å². The molecule has 0 aromatic heterocycles.